The van der Waals surface area contributed by atoms with E-state index < -0.39 is 10.2 Å². The standard InChI is InChI=1S/C18H27N3O4S/c1-14-12-21(13-15(2)25-14)26(23,24)20-10-8-17(9-11-20)19-18(22)16-6-4-3-5-7-16/h3-7,14-15,17H,8-13H2,1-2H3,(H,19,22). The highest BCUT2D eigenvalue weighted by Crippen LogP contribution is 2.21. The van der Waals surface area contributed by atoms with Crippen LogP contribution in [-0.2, 0) is 14.9 Å². The third kappa shape index (κ3) is 4.43. The molecule has 2 fully saturated rings. The van der Waals surface area contributed by atoms with Gasteiger partial charge in [-0.15, -0.1) is 0 Å². The van der Waals surface area contributed by atoms with Gasteiger partial charge in [0.25, 0.3) is 16.1 Å². The average molecular weight is 381 g/mol. The highest BCUT2D eigenvalue weighted by Gasteiger charge is 2.37. The number of benzene rings is 1. The predicted molar refractivity (Wildman–Crippen MR) is 99.0 cm³/mol. The molecule has 2 aliphatic heterocycles. The molecule has 8 heteroatoms. The van der Waals surface area contributed by atoms with Gasteiger partial charge in [-0.05, 0) is 38.8 Å². The Morgan fingerprint density at radius 1 is 1.04 bits per heavy atom. The number of nitrogens with zero attached hydrogens (tertiary/aromatic N) is 2. The van der Waals surface area contributed by atoms with Crippen LogP contribution in [0.25, 0.3) is 0 Å². The van der Waals surface area contributed by atoms with Crippen molar-refractivity contribution < 1.29 is 17.9 Å². The van der Waals surface area contributed by atoms with Crippen LogP contribution in [-0.4, -0.2) is 67.4 Å². The smallest absolute Gasteiger partial charge is 0.282 e. The van der Waals surface area contributed by atoms with E-state index in [1.165, 1.54) is 8.61 Å². The van der Waals surface area contributed by atoms with Gasteiger partial charge in [-0.1, -0.05) is 18.2 Å². The highest BCUT2D eigenvalue weighted by molar-refractivity contribution is 7.86. The lowest BCUT2D eigenvalue weighted by atomic mass is 10.1. The summed E-state index contributed by atoms with van der Waals surface area (Å²) >= 11 is 0. The minimum absolute atomic E-state index is 0.00306. The van der Waals surface area contributed by atoms with Gasteiger partial charge >= 0.3 is 0 Å². The fourth-order valence-electron chi connectivity index (χ4n) is 3.57. The molecule has 1 amide bonds. The van der Waals surface area contributed by atoms with E-state index >= 15 is 0 Å². The number of piperidine rings is 1. The zero-order chi connectivity index (χ0) is 18.7. The monoisotopic (exact) mass is 381 g/mol. The Morgan fingerprint density at radius 3 is 2.19 bits per heavy atom. The summed E-state index contributed by atoms with van der Waals surface area (Å²) in [6, 6.07) is 9.07. The van der Waals surface area contributed by atoms with Gasteiger partial charge in [0, 0.05) is 37.8 Å². The highest BCUT2D eigenvalue weighted by atomic mass is 32.2. The van der Waals surface area contributed by atoms with Crippen LogP contribution in [0, 0.1) is 0 Å². The molecule has 7 nitrogen and oxygen atoms in total. The van der Waals surface area contributed by atoms with E-state index in [4.69, 9.17) is 4.74 Å². The molecule has 1 aromatic rings. The van der Waals surface area contributed by atoms with E-state index in [0.29, 0.717) is 44.6 Å². The van der Waals surface area contributed by atoms with E-state index in [1.807, 2.05) is 32.0 Å². The van der Waals surface area contributed by atoms with Crippen molar-refractivity contribution in [3.05, 3.63) is 35.9 Å². The third-order valence-electron chi connectivity index (χ3n) is 4.86. The molecule has 0 saturated carbocycles. The van der Waals surface area contributed by atoms with E-state index in [1.54, 1.807) is 12.1 Å². The molecule has 2 unspecified atom stereocenters. The Labute approximate surface area is 155 Å². The Hall–Kier alpha value is -1.48. The van der Waals surface area contributed by atoms with Gasteiger partial charge in [0.2, 0.25) is 0 Å². The Balaban J connectivity index is 1.55. The number of rotatable bonds is 4. The second-order valence-corrected chi connectivity index (χ2v) is 9.02. The lowest BCUT2D eigenvalue weighted by molar-refractivity contribution is -0.0456. The van der Waals surface area contributed by atoms with Crippen LogP contribution in [0.4, 0.5) is 0 Å². The summed E-state index contributed by atoms with van der Waals surface area (Å²) in [7, 11) is -3.48. The Morgan fingerprint density at radius 2 is 1.62 bits per heavy atom. The van der Waals surface area contributed by atoms with Crippen molar-refractivity contribution in [3.8, 4) is 0 Å². The molecule has 2 heterocycles. The van der Waals surface area contributed by atoms with Crippen LogP contribution >= 0.6 is 0 Å². The largest absolute Gasteiger partial charge is 0.373 e. The molecule has 2 atom stereocenters. The molecule has 2 aliphatic rings. The summed E-state index contributed by atoms with van der Waals surface area (Å²) in [6.45, 7) is 5.39. The van der Waals surface area contributed by atoms with Gasteiger partial charge in [-0.2, -0.15) is 17.0 Å². The molecular weight excluding hydrogens is 354 g/mol. The van der Waals surface area contributed by atoms with Gasteiger partial charge in [0.1, 0.15) is 0 Å². The SMILES string of the molecule is CC1CN(S(=O)(=O)N2CCC(NC(=O)c3ccccc3)CC2)CC(C)O1. The molecule has 1 aromatic carbocycles. The molecule has 2 saturated heterocycles. The fraction of sp³-hybridized carbons (Fsp3) is 0.611. The van der Waals surface area contributed by atoms with Crippen molar-refractivity contribution in [2.24, 2.45) is 0 Å². The summed E-state index contributed by atoms with van der Waals surface area (Å²) in [5.41, 5.74) is 0.624. The number of hydrogen-bond donors (Lipinski definition) is 1. The second-order valence-electron chi connectivity index (χ2n) is 7.09. The van der Waals surface area contributed by atoms with Crippen molar-refractivity contribution in [1.82, 2.24) is 13.9 Å². The van der Waals surface area contributed by atoms with Crippen molar-refractivity contribution in [1.29, 1.82) is 0 Å². The van der Waals surface area contributed by atoms with Crippen LogP contribution in [0.3, 0.4) is 0 Å². The molecule has 3 rings (SSSR count). The minimum atomic E-state index is -3.48. The van der Waals surface area contributed by atoms with Gasteiger partial charge in [-0.25, -0.2) is 0 Å². The van der Waals surface area contributed by atoms with Crippen LogP contribution in [0.1, 0.15) is 37.0 Å². The average Bonchev–Trinajstić information content (AvgIpc) is 2.62. The van der Waals surface area contributed by atoms with E-state index in [0.717, 1.165) is 0 Å². The van der Waals surface area contributed by atoms with Gasteiger partial charge in [0.05, 0.1) is 12.2 Å². The molecule has 144 valence electrons. The van der Waals surface area contributed by atoms with Gasteiger partial charge in [-0.3, -0.25) is 4.79 Å². The predicted octanol–water partition coefficient (Wildman–Crippen LogP) is 1.23. The third-order valence-corrected chi connectivity index (χ3v) is 6.83. The zero-order valence-electron chi connectivity index (χ0n) is 15.3. The molecule has 1 N–H and O–H groups in total. The molecule has 0 radical (unpaired) electrons. The molecule has 26 heavy (non-hydrogen) atoms. The van der Waals surface area contributed by atoms with E-state index in [9.17, 15) is 13.2 Å². The van der Waals surface area contributed by atoms with Crippen LogP contribution in [0.15, 0.2) is 30.3 Å². The van der Waals surface area contributed by atoms with Gasteiger partial charge in [0.15, 0.2) is 0 Å². The van der Waals surface area contributed by atoms with Crippen molar-refractivity contribution in [3.63, 3.8) is 0 Å². The van der Waals surface area contributed by atoms with Gasteiger partial charge < -0.3 is 10.1 Å². The van der Waals surface area contributed by atoms with Crippen LogP contribution in [0.2, 0.25) is 0 Å². The quantitative estimate of drug-likeness (QED) is 0.851. The van der Waals surface area contributed by atoms with E-state index in [-0.39, 0.29) is 24.2 Å². The number of morpholine rings is 1. The molecular formula is C18H27N3O4S. The summed E-state index contributed by atoms with van der Waals surface area (Å²) in [5, 5.41) is 3.01. The topological polar surface area (TPSA) is 79.0 Å². The fourth-order valence-corrected chi connectivity index (χ4v) is 5.37. The summed E-state index contributed by atoms with van der Waals surface area (Å²) in [4.78, 5) is 12.2. The Bertz CT molecular complexity index is 707. The number of hydrogen-bond acceptors (Lipinski definition) is 4. The lowest BCUT2D eigenvalue weighted by Crippen LogP contribution is -2.55. The zero-order valence-corrected chi connectivity index (χ0v) is 16.1. The first kappa shape index (κ1) is 19.3. The summed E-state index contributed by atoms with van der Waals surface area (Å²) in [5.74, 6) is -0.109. The maximum absolute atomic E-state index is 12.9. The second kappa shape index (κ2) is 8.04. The normalized spacial score (nSPS) is 26.5. The lowest BCUT2D eigenvalue weighted by Gasteiger charge is -2.39. The number of amides is 1. The van der Waals surface area contributed by atoms with Crippen molar-refractivity contribution >= 4 is 16.1 Å². The first-order valence-corrected chi connectivity index (χ1v) is 10.5. The summed E-state index contributed by atoms with van der Waals surface area (Å²) < 4.78 is 34.5. The summed E-state index contributed by atoms with van der Waals surface area (Å²) in [6.07, 6.45) is 1.04. The van der Waals surface area contributed by atoms with E-state index in [2.05, 4.69) is 5.32 Å². The van der Waals surface area contributed by atoms with Crippen molar-refractivity contribution in [2.75, 3.05) is 26.2 Å². The molecule has 0 spiro atoms. The number of carbonyl (C=O) groups excluding carboxylic acids is 1. The maximum Gasteiger partial charge on any atom is 0.282 e. The van der Waals surface area contributed by atoms with Crippen LogP contribution < -0.4 is 5.32 Å². The Kier molecular flexibility index (Phi) is 5.96. The number of ether oxygens (including phenoxy) is 1. The van der Waals surface area contributed by atoms with Crippen molar-refractivity contribution in [2.45, 2.75) is 44.9 Å². The maximum atomic E-state index is 12.9. The number of carbonyl (C=O) groups is 1. The minimum Gasteiger partial charge on any atom is -0.373 e. The first-order valence-electron chi connectivity index (χ1n) is 9.13. The molecule has 0 bridgehead atoms. The van der Waals surface area contributed by atoms with Crippen LogP contribution in [0.5, 0.6) is 0 Å². The molecule has 0 aliphatic carbocycles. The molecule has 0 aromatic heterocycles. The first-order chi connectivity index (χ1) is 12.4. The number of nitrogens with one attached hydrogen (secondary N) is 1.